The van der Waals surface area contributed by atoms with Gasteiger partial charge in [0.2, 0.25) is 0 Å². The van der Waals surface area contributed by atoms with E-state index < -0.39 is 12.4 Å². The van der Waals surface area contributed by atoms with Crippen LogP contribution >= 0.6 is 0 Å². The maximum absolute atomic E-state index is 12.6. The van der Waals surface area contributed by atoms with Crippen LogP contribution in [0, 0.1) is 0 Å². The third-order valence-electron chi connectivity index (χ3n) is 2.21. The number of aliphatic carboxylic acids is 1. The number of pyridine rings is 1. The van der Waals surface area contributed by atoms with E-state index >= 15 is 0 Å². The van der Waals surface area contributed by atoms with Crippen molar-refractivity contribution in [2.24, 2.45) is 5.73 Å². The van der Waals surface area contributed by atoms with E-state index in [1.807, 2.05) is 0 Å². The van der Waals surface area contributed by atoms with E-state index in [4.69, 9.17) is 15.6 Å². The molecule has 0 bridgehead atoms. The van der Waals surface area contributed by atoms with Crippen LogP contribution in [0.2, 0.25) is 0 Å². The van der Waals surface area contributed by atoms with E-state index in [0.29, 0.717) is 0 Å². The SMILES string of the molecule is COc1c(C(F)F)cnc(CC(=O)O)c1CN. The minimum absolute atomic E-state index is 0.0891. The van der Waals surface area contributed by atoms with Crippen LogP contribution in [-0.2, 0) is 17.8 Å². The Morgan fingerprint density at radius 1 is 1.65 bits per heavy atom. The molecular formula is C10H12F2N2O3. The first-order valence-electron chi connectivity index (χ1n) is 4.75. The van der Waals surface area contributed by atoms with Gasteiger partial charge in [-0.1, -0.05) is 0 Å². The Hall–Kier alpha value is -1.76. The molecule has 1 heterocycles. The number of rotatable bonds is 5. The highest BCUT2D eigenvalue weighted by Gasteiger charge is 2.21. The first kappa shape index (κ1) is 13.3. The highest BCUT2D eigenvalue weighted by atomic mass is 19.3. The van der Waals surface area contributed by atoms with Crippen LogP contribution in [0.4, 0.5) is 8.78 Å². The lowest BCUT2D eigenvalue weighted by Gasteiger charge is -2.14. The van der Waals surface area contributed by atoms with Crippen molar-refractivity contribution in [1.29, 1.82) is 0 Å². The lowest BCUT2D eigenvalue weighted by Crippen LogP contribution is -2.12. The minimum Gasteiger partial charge on any atom is -0.496 e. The monoisotopic (exact) mass is 246 g/mol. The molecule has 0 aliphatic rings. The number of nitrogens with two attached hydrogens (primary N) is 1. The van der Waals surface area contributed by atoms with Gasteiger partial charge in [0.1, 0.15) is 5.75 Å². The summed E-state index contributed by atoms with van der Waals surface area (Å²) in [6.45, 7) is -0.112. The van der Waals surface area contributed by atoms with Gasteiger partial charge >= 0.3 is 5.97 Å². The summed E-state index contributed by atoms with van der Waals surface area (Å²) in [5.41, 5.74) is 5.37. The number of halogens is 2. The Labute approximate surface area is 96.2 Å². The van der Waals surface area contributed by atoms with Crippen molar-refractivity contribution in [1.82, 2.24) is 4.98 Å². The Morgan fingerprint density at radius 2 is 2.29 bits per heavy atom. The molecule has 0 amide bonds. The summed E-state index contributed by atoms with van der Waals surface area (Å²) in [5, 5.41) is 8.66. The van der Waals surface area contributed by atoms with Crippen molar-refractivity contribution in [3.05, 3.63) is 23.0 Å². The molecule has 5 nitrogen and oxygen atoms in total. The molecule has 0 spiro atoms. The summed E-state index contributed by atoms with van der Waals surface area (Å²) in [7, 11) is 1.23. The number of carbonyl (C=O) groups is 1. The molecule has 0 aliphatic heterocycles. The summed E-state index contributed by atoms with van der Waals surface area (Å²) < 4.78 is 30.2. The molecular weight excluding hydrogens is 234 g/mol. The number of hydrogen-bond donors (Lipinski definition) is 2. The van der Waals surface area contributed by atoms with E-state index in [1.165, 1.54) is 7.11 Å². The smallest absolute Gasteiger partial charge is 0.309 e. The number of methoxy groups -OCH3 is 1. The summed E-state index contributed by atoms with van der Waals surface area (Å²) in [4.78, 5) is 14.3. The quantitative estimate of drug-likeness (QED) is 0.812. The van der Waals surface area contributed by atoms with E-state index in [9.17, 15) is 13.6 Å². The molecule has 0 aromatic carbocycles. The summed E-state index contributed by atoms with van der Waals surface area (Å²) >= 11 is 0. The number of aromatic nitrogens is 1. The average Bonchev–Trinajstić information content (AvgIpc) is 2.26. The molecule has 17 heavy (non-hydrogen) atoms. The van der Waals surface area contributed by atoms with Crippen molar-refractivity contribution >= 4 is 5.97 Å². The molecule has 0 saturated carbocycles. The zero-order valence-corrected chi connectivity index (χ0v) is 9.11. The average molecular weight is 246 g/mol. The predicted octanol–water partition coefficient (Wildman–Crippen LogP) is 1.11. The number of hydrogen-bond acceptors (Lipinski definition) is 4. The number of carboxylic acids is 1. The highest BCUT2D eigenvalue weighted by Crippen LogP contribution is 2.32. The fourth-order valence-corrected chi connectivity index (χ4v) is 1.49. The molecule has 1 aromatic heterocycles. The van der Waals surface area contributed by atoms with Gasteiger partial charge in [-0.15, -0.1) is 0 Å². The fraction of sp³-hybridized carbons (Fsp3) is 0.400. The third-order valence-corrected chi connectivity index (χ3v) is 2.21. The van der Waals surface area contributed by atoms with Gasteiger partial charge in [-0.2, -0.15) is 0 Å². The molecule has 3 N–H and O–H groups in total. The molecule has 0 saturated heterocycles. The highest BCUT2D eigenvalue weighted by molar-refractivity contribution is 5.70. The first-order valence-corrected chi connectivity index (χ1v) is 4.75. The van der Waals surface area contributed by atoms with Crippen molar-refractivity contribution in [3.63, 3.8) is 0 Å². The van der Waals surface area contributed by atoms with E-state index in [2.05, 4.69) is 4.98 Å². The molecule has 0 atom stereocenters. The molecule has 94 valence electrons. The zero-order chi connectivity index (χ0) is 13.0. The second kappa shape index (κ2) is 5.53. The van der Waals surface area contributed by atoms with E-state index in [1.54, 1.807) is 0 Å². The van der Waals surface area contributed by atoms with Gasteiger partial charge in [0.15, 0.2) is 0 Å². The Morgan fingerprint density at radius 3 is 2.71 bits per heavy atom. The van der Waals surface area contributed by atoms with Crippen molar-refractivity contribution < 1.29 is 23.4 Å². The summed E-state index contributed by atoms with van der Waals surface area (Å²) in [6, 6.07) is 0. The number of carboxylic acid groups (broad SMARTS) is 1. The maximum atomic E-state index is 12.6. The molecule has 7 heteroatoms. The van der Waals surface area contributed by atoms with Gasteiger partial charge in [0, 0.05) is 18.3 Å². The van der Waals surface area contributed by atoms with Crippen LogP contribution in [0.15, 0.2) is 6.20 Å². The van der Waals surface area contributed by atoms with Crippen LogP contribution in [0.1, 0.15) is 23.2 Å². The third kappa shape index (κ3) is 2.88. The molecule has 0 unspecified atom stereocenters. The standard InChI is InChI=1S/C10H12F2N2O3/c1-17-9-5(3-13)7(2-8(15)16)14-4-6(9)10(11)12/h4,10H,2-3,13H2,1H3,(H,15,16). The Bertz CT molecular complexity index is 424. The van der Waals surface area contributed by atoms with Crippen LogP contribution < -0.4 is 10.5 Å². The van der Waals surface area contributed by atoms with Crippen molar-refractivity contribution in [2.75, 3.05) is 7.11 Å². The lowest BCUT2D eigenvalue weighted by molar-refractivity contribution is -0.136. The van der Waals surface area contributed by atoms with Crippen LogP contribution in [-0.4, -0.2) is 23.2 Å². The van der Waals surface area contributed by atoms with Gasteiger partial charge in [-0.3, -0.25) is 9.78 Å². The van der Waals surface area contributed by atoms with E-state index in [-0.39, 0.29) is 35.5 Å². The fourth-order valence-electron chi connectivity index (χ4n) is 1.49. The molecule has 1 rings (SSSR count). The second-order valence-electron chi connectivity index (χ2n) is 3.25. The van der Waals surface area contributed by atoms with Gasteiger partial charge in [-0.05, 0) is 0 Å². The summed E-state index contributed by atoms with van der Waals surface area (Å²) in [5.74, 6) is -1.20. The normalized spacial score (nSPS) is 10.6. The van der Waals surface area contributed by atoms with Crippen LogP contribution in [0.25, 0.3) is 0 Å². The topological polar surface area (TPSA) is 85.4 Å². The van der Waals surface area contributed by atoms with Crippen molar-refractivity contribution in [3.8, 4) is 5.75 Å². The predicted molar refractivity (Wildman–Crippen MR) is 55.0 cm³/mol. The van der Waals surface area contributed by atoms with Crippen LogP contribution in [0.5, 0.6) is 5.75 Å². The van der Waals surface area contributed by atoms with E-state index in [0.717, 1.165) is 6.20 Å². The summed E-state index contributed by atoms with van der Waals surface area (Å²) in [6.07, 6.45) is -2.21. The maximum Gasteiger partial charge on any atom is 0.309 e. The molecule has 0 fully saturated rings. The number of alkyl halides is 2. The largest absolute Gasteiger partial charge is 0.496 e. The number of nitrogens with zero attached hydrogens (tertiary/aromatic N) is 1. The van der Waals surface area contributed by atoms with Gasteiger partial charge < -0.3 is 15.6 Å². The molecule has 0 radical (unpaired) electrons. The minimum atomic E-state index is -2.75. The lowest BCUT2D eigenvalue weighted by atomic mass is 10.1. The van der Waals surface area contributed by atoms with Gasteiger partial charge in [0.05, 0.1) is 24.8 Å². The first-order chi connectivity index (χ1) is 8.01. The second-order valence-corrected chi connectivity index (χ2v) is 3.25. The molecule has 0 aliphatic carbocycles. The number of ether oxygens (including phenoxy) is 1. The Balaban J connectivity index is 3.32. The van der Waals surface area contributed by atoms with Crippen LogP contribution in [0.3, 0.4) is 0 Å². The zero-order valence-electron chi connectivity index (χ0n) is 9.11. The van der Waals surface area contributed by atoms with Gasteiger partial charge in [0.25, 0.3) is 6.43 Å². The Kier molecular flexibility index (Phi) is 4.33. The van der Waals surface area contributed by atoms with Gasteiger partial charge in [-0.25, -0.2) is 8.78 Å². The molecule has 1 aromatic rings. The van der Waals surface area contributed by atoms with Crippen molar-refractivity contribution in [2.45, 2.75) is 19.4 Å².